The van der Waals surface area contributed by atoms with E-state index in [0.29, 0.717) is 24.5 Å². The summed E-state index contributed by atoms with van der Waals surface area (Å²) in [6, 6.07) is 9.39. The Labute approximate surface area is 123 Å². The molecule has 1 aromatic heterocycles. The normalized spacial score (nSPS) is 10.2. The Morgan fingerprint density at radius 1 is 1.33 bits per heavy atom. The van der Waals surface area contributed by atoms with Crippen molar-refractivity contribution in [1.82, 2.24) is 0 Å². The van der Waals surface area contributed by atoms with Crippen molar-refractivity contribution in [3.63, 3.8) is 0 Å². The summed E-state index contributed by atoms with van der Waals surface area (Å²) >= 11 is 0. The highest BCUT2D eigenvalue weighted by Gasteiger charge is 2.09. The second-order valence-electron chi connectivity index (χ2n) is 4.52. The molecule has 0 spiro atoms. The minimum absolute atomic E-state index is 0.403. The minimum Gasteiger partial charge on any atom is -0.494 e. The van der Waals surface area contributed by atoms with Crippen LogP contribution in [0.5, 0.6) is 5.75 Å². The van der Waals surface area contributed by atoms with Crippen LogP contribution in [0.4, 0.5) is 5.69 Å². The van der Waals surface area contributed by atoms with Gasteiger partial charge in [-0.15, -0.1) is 0 Å². The van der Waals surface area contributed by atoms with Crippen LogP contribution in [0.15, 0.2) is 41.0 Å². The molecule has 21 heavy (non-hydrogen) atoms. The molecular formula is C16H19NO4. The molecule has 0 saturated heterocycles. The van der Waals surface area contributed by atoms with Crippen LogP contribution in [0.25, 0.3) is 0 Å². The van der Waals surface area contributed by atoms with Crippen molar-refractivity contribution in [1.29, 1.82) is 0 Å². The maximum Gasteiger partial charge on any atom is 0.341 e. The lowest BCUT2D eigenvalue weighted by Crippen LogP contribution is -2.01. The molecule has 0 unspecified atom stereocenters. The Morgan fingerprint density at radius 2 is 2.19 bits per heavy atom. The average molecular weight is 289 g/mol. The van der Waals surface area contributed by atoms with E-state index >= 15 is 0 Å². The summed E-state index contributed by atoms with van der Waals surface area (Å²) in [6.45, 7) is 3.25. The molecule has 0 aliphatic carbocycles. The molecule has 1 heterocycles. The third-order valence-electron chi connectivity index (χ3n) is 2.85. The minimum atomic E-state index is -0.403. The molecule has 2 rings (SSSR count). The van der Waals surface area contributed by atoms with Crippen molar-refractivity contribution in [3.8, 4) is 5.75 Å². The number of hydrogen-bond acceptors (Lipinski definition) is 5. The number of methoxy groups -OCH3 is 1. The van der Waals surface area contributed by atoms with Gasteiger partial charge in [0.2, 0.25) is 0 Å². The van der Waals surface area contributed by atoms with E-state index in [4.69, 9.17) is 9.15 Å². The second kappa shape index (κ2) is 7.38. The maximum atomic E-state index is 11.3. The quantitative estimate of drug-likeness (QED) is 0.791. The summed E-state index contributed by atoms with van der Waals surface area (Å²) in [6.07, 6.45) is 2.37. The molecule has 5 nitrogen and oxygen atoms in total. The van der Waals surface area contributed by atoms with Crippen LogP contribution in [0.1, 0.15) is 29.5 Å². The summed E-state index contributed by atoms with van der Waals surface area (Å²) in [4.78, 5) is 11.3. The van der Waals surface area contributed by atoms with Crippen LogP contribution in [0, 0.1) is 0 Å². The van der Waals surface area contributed by atoms with E-state index in [1.165, 1.54) is 13.4 Å². The van der Waals surface area contributed by atoms with Crippen LogP contribution < -0.4 is 10.1 Å². The van der Waals surface area contributed by atoms with Gasteiger partial charge in [0.05, 0.1) is 25.8 Å². The van der Waals surface area contributed by atoms with Crippen molar-refractivity contribution < 1.29 is 18.7 Å². The van der Waals surface area contributed by atoms with E-state index in [2.05, 4.69) is 17.0 Å². The van der Waals surface area contributed by atoms with Crippen LogP contribution in [0.2, 0.25) is 0 Å². The molecule has 5 heteroatoms. The number of rotatable bonds is 7. The van der Waals surface area contributed by atoms with Gasteiger partial charge < -0.3 is 19.2 Å². The monoisotopic (exact) mass is 289 g/mol. The van der Waals surface area contributed by atoms with Gasteiger partial charge in [-0.2, -0.15) is 0 Å². The lowest BCUT2D eigenvalue weighted by atomic mass is 10.3. The van der Waals surface area contributed by atoms with E-state index in [1.54, 1.807) is 6.07 Å². The van der Waals surface area contributed by atoms with Gasteiger partial charge in [0.25, 0.3) is 0 Å². The summed E-state index contributed by atoms with van der Waals surface area (Å²) < 4.78 is 15.5. The molecule has 0 radical (unpaired) electrons. The summed E-state index contributed by atoms with van der Waals surface area (Å²) in [7, 11) is 1.34. The van der Waals surface area contributed by atoms with E-state index in [1.807, 2.05) is 24.3 Å². The fourth-order valence-corrected chi connectivity index (χ4v) is 1.80. The van der Waals surface area contributed by atoms with E-state index in [9.17, 15) is 4.79 Å². The number of furan rings is 1. The van der Waals surface area contributed by atoms with Crippen molar-refractivity contribution in [2.45, 2.75) is 19.9 Å². The van der Waals surface area contributed by atoms with Gasteiger partial charge in [0, 0.05) is 11.8 Å². The Balaban J connectivity index is 1.93. The van der Waals surface area contributed by atoms with Gasteiger partial charge >= 0.3 is 5.97 Å². The molecule has 0 saturated carbocycles. The fourth-order valence-electron chi connectivity index (χ4n) is 1.80. The first-order chi connectivity index (χ1) is 10.2. The first-order valence-electron chi connectivity index (χ1n) is 6.85. The Bertz CT molecular complexity index is 591. The van der Waals surface area contributed by atoms with Gasteiger partial charge in [0.1, 0.15) is 17.8 Å². The molecule has 1 aromatic carbocycles. The molecule has 0 aliphatic rings. The summed E-state index contributed by atoms with van der Waals surface area (Å²) in [5.74, 6) is 1.09. The highest BCUT2D eigenvalue weighted by Crippen LogP contribution is 2.19. The topological polar surface area (TPSA) is 60.7 Å². The predicted molar refractivity (Wildman–Crippen MR) is 79.6 cm³/mol. The second-order valence-corrected chi connectivity index (χ2v) is 4.52. The van der Waals surface area contributed by atoms with Gasteiger partial charge in [-0.1, -0.05) is 13.0 Å². The van der Waals surface area contributed by atoms with Crippen molar-refractivity contribution in [2.24, 2.45) is 0 Å². The molecule has 0 amide bonds. The third-order valence-corrected chi connectivity index (χ3v) is 2.85. The van der Waals surface area contributed by atoms with Crippen LogP contribution in [-0.2, 0) is 11.3 Å². The molecule has 0 atom stereocenters. The Hall–Kier alpha value is -2.43. The zero-order valence-corrected chi connectivity index (χ0v) is 12.2. The van der Waals surface area contributed by atoms with Crippen molar-refractivity contribution in [2.75, 3.05) is 19.0 Å². The maximum absolute atomic E-state index is 11.3. The summed E-state index contributed by atoms with van der Waals surface area (Å²) in [5, 5.41) is 3.22. The van der Waals surface area contributed by atoms with Gasteiger partial charge in [0.15, 0.2) is 0 Å². The van der Waals surface area contributed by atoms with Crippen molar-refractivity contribution in [3.05, 3.63) is 47.9 Å². The van der Waals surface area contributed by atoms with Gasteiger partial charge in [-0.25, -0.2) is 4.79 Å². The molecule has 1 N–H and O–H groups in total. The Kier molecular flexibility index (Phi) is 5.26. The van der Waals surface area contributed by atoms with E-state index in [0.717, 1.165) is 17.9 Å². The molecule has 0 fully saturated rings. The number of carbonyl (C=O) groups excluding carboxylic acids is 1. The number of ether oxygens (including phenoxy) is 2. The van der Waals surface area contributed by atoms with E-state index < -0.39 is 5.97 Å². The Morgan fingerprint density at radius 3 is 2.95 bits per heavy atom. The van der Waals surface area contributed by atoms with Crippen LogP contribution in [0.3, 0.4) is 0 Å². The first-order valence-corrected chi connectivity index (χ1v) is 6.85. The number of benzene rings is 1. The molecular weight excluding hydrogens is 270 g/mol. The molecule has 112 valence electrons. The molecule has 0 bridgehead atoms. The zero-order chi connectivity index (χ0) is 15.1. The predicted octanol–water partition coefficient (Wildman–Crippen LogP) is 3.47. The lowest BCUT2D eigenvalue weighted by molar-refractivity contribution is 0.0600. The van der Waals surface area contributed by atoms with Gasteiger partial charge in [-0.3, -0.25) is 0 Å². The first kappa shape index (κ1) is 15.0. The number of carbonyl (C=O) groups is 1. The van der Waals surface area contributed by atoms with Crippen LogP contribution in [-0.4, -0.2) is 19.7 Å². The smallest absolute Gasteiger partial charge is 0.341 e. The standard InChI is InChI=1S/C16H19NO4/c1-3-7-20-14-6-4-5-13(9-14)17-10-15-8-12(11-21-15)16(18)19-2/h4-6,8-9,11,17H,3,7,10H2,1-2H3. The molecule has 2 aromatic rings. The average Bonchev–Trinajstić information content (AvgIpc) is 2.99. The fraction of sp³-hybridized carbons (Fsp3) is 0.312. The van der Waals surface area contributed by atoms with Gasteiger partial charge in [-0.05, 0) is 24.6 Å². The lowest BCUT2D eigenvalue weighted by Gasteiger charge is -2.08. The third kappa shape index (κ3) is 4.27. The highest BCUT2D eigenvalue weighted by molar-refractivity contribution is 5.88. The SMILES string of the molecule is CCCOc1cccc(NCc2cc(C(=O)OC)co2)c1. The number of hydrogen-bond donors (Lipinski definition) is 1. The van der Waals surface area contributed by atoms with E-state index in [-0.39, 0.29) is 0 Å². The number of esters is 1. The van der Waals surface area contributed by atoms with Crippen molar-refractivity contribution >= 4 is 11.7 Å². The molecule has 0 aliphatic heterocycles. The summed E-state index contributed by atoms with van der Waals surface area (Å²) in [5.41, 5.74) is 1.34. The largest absolute Gasteiger partial charge is 0.494 e. The number of anilines is 1. The zero-order valence-electron chi connectivity index (χ0n) is 12.2. The highest BCUT2D eigenvalue weighted by atomic mass is 16.5. The van der Waals surface area contributed by atoms with Crippen LogP contribution >= 0.6 is 0 Å². The number of nitrogens with one attached hydrogen (secondary N) is 1.